The third-order valence-electron chi connectivity index (χ3n) is 16.0. The van der Waals surface area contributed by atoms with E-state index in [1.165, 1.54) is 14.7 Å². The van der Waals surface area contributed by atoms with Crippen LogP contribution in [0.1, 0.15) is 97.8 Å². The molecule has 8 atom stereocenters. The summed E-state index contributed by atoms with van der Waals surface area (Å²) >= 11 is 0.980. The molecule has 11 N–H and O–H groups in total. The minimum absolute atomic E-state index is 0.000279. The van der Waals surface area contributed by atoms with Crippen LogP contribution in [-0.4, -0.2) is 153 Å². The highest BCUT2D eigenvalue weighted by atomic mass is 32.2. The molecule has 0 aromatic heterocycles. The molecule has 0 radical (unpaired) electrons. The smallest absolute Gasteiger partial charge is 0.248 e. The van der Waals surface area contributed by atoms with E-state index in [1.807, 2.05) is 62.4 Å². The summed E-state index contributed by atoms with van der Waals surface area (Å²) in [5.74, 6) is -6.82. The first-order valence-electron chi connectivity index (χ1n) is 29.0. The molecular formula is C62H77N11O10S. The highest BCUT2D eigenvalue weighted by Crippen LogP contribution is 2.30. The molecule has 4 aromatic carbocycles. The molecule has 84 heavy (non-hydrogen) atoms. The Kier molecular flexibility index (Phi) is 21.3. The van der Waals surface area contributed by atoms with Gasteiger partial charge in [-0.25, -0.2) is 0 Å². The second kappa shape index (κ2) is 28.9. The van der Waals surface area contributed by atoms with E-state index in [9.17, 15) is 33.6 Å². The molecule has 0 aliphatic carbocycles. The monoisotopic (exact) mass is 1170 g/mol. The molecule has 8 rings (SSSR count). The zero-order valence-electron chi connectivity index (χ0n) is 47.6. The number of hydrogen-bond donors (Lipinski definition) is 8. The molecule has 4 heterocycles. The Balaban J connectivity index is 1.15. The minimum Gasteiger partial charge on any atom is -0.368 e. The van der Waals surface area contributed by atoms with Crippen molar-refractivity contribution in [2.45, 2.75) is 139 Å². The SMILES string of the molecule is CC(C)C[C@@H]1NC(=O)[C@@H]2CCCN2C(=O)[C@H](Cc2ccccc2)NC(=O)CSC[C@@H](C(N)=O)NC(=O)[C@H](Cc2ccc(-c3cccc(C(N)=O)c3)cc2)NC(=O)[C@@H]2Cc3ccccc3CN2C(=O)[C@@H]2CCCN2C(=O)[C@H](CCCCN)NC1=O. The molecule has 446 valence electrons. The minimum atomic E-state index is -1.36. The molecule has 4 aromatic rings. The van der Waals surface area contributed by atoms with Crippen LogP contribution in [0.25, 0.3) is 11.1 Å². The van der Waals surface area contributed by atoms with Crippen LogP contribution in [0.15, 0.2) is 103 Å². The maximum Gasteiger partial charge on any atom is 0.248 e. The van der Waals surface area contributed by atoms with Gasteiger partial charge in [-0.2, -0.15) is 0 Å². The molecule has 0 saturated carbocycles. The molecule has 3 fully saturated rings. The summed E-state index contributed by atoms with van der Waals surface area (Å²) in [7, 11) is 0. The predicted octanol–water partition coefficient (Wildman–Crippen LogP) is 2.00. The van der Waals surface area contributed by atoms with Gasteiger partial charge < -0.3 is 58.5 Å². The molecule has 0 unspecified atom stereocenters. The third kappa shape index (κ3) is 15.7. The fourth-order valence-corrected chi connectivity index (χ4v) is 12.5. The molecule has 0 bridgehead atoms. The number of carbonyl (C=O) groups is 10. The van der Waals surface area contributed by atoms with Gasteiger partial charge in [0.2, 0.25) is 59.1 Å². The van der Waals surface area contributed by atoms with Crippen molar-refractivity contribution in [3.05, 3.63) is 131 Å². The van der Waals surface area contributed by atoms with Crippen molar-refractivity contribution in [2.24, 2.45) is 23.1 Å². The zero-order valence-corrected chi connectivity index (χ0v) is 48.4. The molecule has 4 aliphatic rings. The Hall–Kier alpha value is -8.11. The lowest BCUT2D eigenvalue weighted by Gasteiger charge is -2.40. The fourth-order valence-electron chi connectivity index (χ4n) is 11.6. The summed E-state index contributed by atoms with van der Waals surface area (Å²) in [5.41, 5.74) is 22.1. The van der Waals surface area contributed by atoms with Crippen LogP contribution in [0, 0.1) is 5.92 Å². The molecule has 22 heteroatoms. The summed E-state index contributed by atoms with van der Waals surface area (Å²) in [6.45, 7) is 4.50. The molecule has 10 amide bonds. The van der Waals surface area contributed by atoms with Gasteiger partial charge in [0.25, 0.3) is 0 Å². The normalized spacial score (nSPS) is 24.4. The summed E-state index contributed by atoms with van der Waals surface area (Å²) in [5, 5.41) is 14.3. The largest absolute Gasteiger partial charge is 0.368 e. The van der Waals surface area contributed by atoms with Crippen molar-refractivity contribution in [3.8, 4) is 11.1 Å². The maximum absolute atomic E-state index is 15.3. The van der Waals surface area contributed by atoms with Crippen molar-refractivity contribution in [1.29, 1.82) is 0 Å². The number of nitrogens with zero attached hydrogens (tertiary/aromatic N) is 3. The molecular weight excluding hydrogens is 1090 g/mol. The number of hydrogen-bond acceptors (Lipinski definition) is 12. The Morgan fingerprint density at radius 1 is 0.583 bits per heavy atom. The average Bonchev–Trinajstić information content (AvgIpc) is 2.09. The number of carbonyl (C=O) groups excluding carboxylic acids is 10. The van der Waals surface area contributed by atoms with E-state index in [4.69, 9.17) is 17.2 Å². The zero-order chi connectivity index (χ0) is 60.0. The Morgan fingerprint density at radius 2 is 1.19 bits per heavy atom. The Morgan fingerprint density at radius 3 is 1.88 bits per heavy atom. The van der Waals surface area contributed by atoms with Crippen LogP contribution in [0.5, 0.6) is 0 Å². The van der Waals surface area contributed by atoms with Gasteiger partial charge in [-0.3, -0.25) is 47.9 Å². The lowest BCUT2D eigenvalue weighted by molar-refractivity contribution is -0.150. The number of rotatable bonds is 13. The van der Waals surface area contributed by atoms with Gasteiger partial charge in [0.05, 0.1) is 5.75 Å². The van der Waals surface area contributed by atoms with E-state index in [2.05, 4.69) is 26.6 Å². The summed E-state index contributed by atoms with van der Waals surface area (Å²) < 4.78 is 0. The maximum atomic E-state index is 15.3. The van der Waals surface area contributed by atoms with E-state index >= 15 is 14.4 Å². The number of nitrogens with one attached hydrogen (secondary N) is 5. The summed E-state index contributed by atoms with van der Waals surface area (Å²) in [6.07, 6.45) is 2.84. The Labute approximate surface area is 493 Å². The topological polar surface area (TPSA) is 319 Å². The molecule has 4 aliphatic heterocycles. The Bertz CT molecular complexity index is 3070. The second-order valence-corrected chi connectivity index (χ2v) is 23.6. The number of benzene rings is 4. The van der Waals surface area contributed by atoms with Crippen molar-refractivity contribution in [2.75, 3.05) is 31.1 Å². The lowest BCUT2D eigenvalue weighted by atomic mass is 9.92. The first-order valence-corrected chi connectivity index (χ1v) is 30.1. The molecule has 0 spiro atoms. The molecule has 21 nitrogen and oxygen atoms in total. The van der Waals surface area contributed by atoms with Crippen molar-refractivity contribution in [3.63, 3.8) is 0 Å². The van der Waals surface area contributed by atoms with Crippen LogP contribution in [-0.2, 0) is 69.0 Å². The van der Waals surface area contributed by atoms with E-state index in [1.54, 1.807) is 54.6 Å². The highest BCUT2D eigenvalue weighted by Gasteiger charge is 2.45. The summed E-state index contributed by atoms with van der Waals surface area (Å²) in [4.78, 5) is 147. The number of unbranched alkanes of at least 4 members (excludes halogenated alkanes) is 1. The lowest BCUT2D eigenvalue weighted by Crippen LogP contribution is -2.61. The van der Waals surface area contributed by atoms with Crippen LogP contribution in [0.2, 0.25) is 0 Å². The van der Waals surface area contributed by atoms with Crippen LogP contribution < -0.4 is 43.8 Å². The van der Waals surface area contributed by atoms with Gasteiger partial charge in [-0.1, -0.05) is 105 Å². The first kappa shape index (κ1) is 61.9. The standard InChI is InChI=1S/C62H77N11O10S/c1-37(2)29-46-56(77)67-45(19-8-9-26-63)60(81)72-28-12-21-51(72)62(83)73-34-44-16-7-6-15-42(44)33-52(73)59(80)69-47(30-39-22-24-40(25-23-39)41-17-10-18-43(32-41)54(64)75)57(78)70-49(55(65)76)35-84-36-53(74)66-48(31-38-13-4-3-5-14-38)61(82)71-27-11-20-50(71)58(79)68-46/h3-7,10,13-18,22-25,32,37,45-52H,8-9,11-12,19-21,26-31,33-36,63H2,1-2H3,(H2,64,75)(H2,65,76)(H,66,74)(H,67,77)(H,68,79)(H,69,80)(H,70,78)/t45-,46-,47-,48-,49-,50-,51-,52-/m0/s1. The van der Waals surface area contributed by atoms with E-state index in [0.717, 1.165) is 34.0 Å². The predicted molar refractivity (Wildman–Crippen MR) is 317 cm³/mol. The summed E-state index contributed by atoms with van der Waals surface area (Å²) in [6, 6.07) is 21.0. The van der Waals surface area contributed by atoms with Gasteiger partial charge in [0.15, 0.2) is 0 Å². The first-order chi connectivity index (χ1) is 40.4. The van der Waals surface area contributed by atoms with Gasteiger partial charge in [-0.05, 0) is 109 Å². The quantitative estimate of drug-likeness (QED) is 0.0892. The fraction of sp³-hybridized carbons (Fsp3) is 0.452. The van der Waals surface area contributed by atoms with E-state index in [0.29, 0.717) is 48.9 Å². The number of nitrogens with two attached hydrogens (primary N) is 3. The number of amides is 10. The second-order valence-electron chi connectivity index (χ2n) is 22.6. The van der Waals surface area contributed by atoms with Gasteiger partial charge in [-0.15, -0.1) is 11.8 Å². The van der Waals surface area contributed by atoms with Gasteiger partial charge in [0.1, 0.15) is 48.3 Å². The van der Waals surface area contributed by atoms with Gasteiger partial charge in [0, 0.05) is 50.2 Å². The highest BCUT2D eigenvalue weighted by molar-refractivity contribution is 8.00. The van der Waals surface area contributed by atoms with Crippen LogP contribution in [0.3, 0.4) is 0 Å². The van der Waals surface area contributed by atoms with E-state index < -0.39 is 107 Å². The number of thioether (sulfide) groups is 1. The van der Waals surface area contributed by atoms with Gasteiger partial charge >= 0.3 is 0 Å². The van der Waals surface area contributed by atoms with E-state index in [-0.39, 0.29) is 82.0 Å². The molecule has 3 saturated heterocycles. The van der Waals surface area contributed by atoms with Crippen LogP contribution in [0.4, 0.5) is 0 Å². The van der Waals surface area contributed by atoms with Crippen molar-refractivity contribution in [1.82, 2.24) is 41.3 Å². The third-order valence-corrected chi connectivity index (χ3v) is 17.0. The van der Waals surface area contributed by atoms with Crippen LogP contribution >= 0.6 is 11.8 Å². The number of fused-ring (bicyclic) bond motifs is 4. The van der Waals surface area contributed by atoms with Crippen molar-refractivity contribution >= 4 is 70.8 Å². The average molecular weight is 1170 g/mol. The van der Waals surface area contributed by atoms with Crippen molar-refractivity contribution < 1.29 is 47.9 Å². The number of primary amides is 2.